The summed E-state index contributed by atoms with van der Waals surface area (Å²) in [5.41, 5.74) is -0.649. The van der Waals surface area contributed by atoms with E-state index in [1.54, 1.807) is 0 Å². The molecule has 0 amide bonds. The van der Waals surface area contributed by atoms with E-state index in [4.69, 9.17) is 11.6 Å². The van der Waals surface area contributed by atoms with Gasteiger partial charge in [-0.05, 0) is 6.42 Å². The second-order valence-corrected chi connectivity index (χ2v) is 2.83. The summed E-state index contributed by atoms with van der Waals surface area (Å²) in [6, 6.07) is 0. The highest BCUT2D eigenvalue weighted by atomic mass is 35.5. The van der Waals surface area contributed by atoms with Gasteiger partial charge in [-0.1, -0.05) is 18.2 Å². The third kappa shape index (κ3) is 2.26. The molecular weight excluding hydrogens is 177 g/mol. The van der Waals surface area contributed by atoms with Crippen LogP contribution >= 0.6 is 11.6 Å². The van der Waals surface area contributed by atoms with Crippen LogP contribution in [0.4, 0.5) is 13.2 Å². The Morgan fingerprint density at radius 1 is 1.45 bits per heavy atom. The lowest BCUT2D eigenvalue weighted by Gasteiger charge is -2.13. The molecule has 0 nitrogen and oxygen atoms in total. The standard InChI is InChI=1S/C7H6ClF3/c8-6-3-1-2-5(4-6)7(9,10)11/h1-2,4,6H,3H2. The van der Waals surface area contributed by atoms with E-state index in [9.17, 15) is 13.2 Å². The van der Waals surface area contributed by atoms with E-state index in [1.165, 1.54) is 6.08 Å². The molecule has 0 N–H and O–H groups in total. The second kappa shape index (κ2) is 2.89. The topological polar surface area (TPSA) is 0 Å². The van der Waals surface area contributed by atoms with E-state index < -0.39 is 17.1 Å². The molecule has 11 heavy (non-hydrogen) atoms. The molecule has 0 bridgehead atoms. The average molecular weight is 183 g/mol. The van der Waals surface area contributed by atoms with Gasteiger partial charge in [0.05, 0.1) is 11.0 Å². The Kier molecular flexibility index (Phi) is 2.28. The van der Waals surface area contributed by atoms with Gasteiger partial charge >= 0.3 is 6.18 Å². The Hall–Kier alpha value is -0.440. The summed E-state index contributed by atoms with van der Waals surface area (Å²) < 4.78 is 35.8. The number of hydrogen-bond acceptors (Lipinski definition) is 0. The van der Waals surface area contributed by atoms with Gasteiger partial charge in [-0.25, -0.2) is 0 Å². The molecule has 0 saturated carbocycles. The van der Waals surface area contributed by atoms with Gasteiger partial charge in [-0.2, -0.15) is 13.2 Å². The van der Waals surface area contributed by atoms with Crippen molar-refractivity contribution in [2.24, 2.45) is 0 Å². The van der Waals surface area contributed by atoms with Crippen molar-refractivity contribution in [2.75, 3.05) is 0 Å². The largest absolute Gasteiger partial charge is 0.416 e. The third-order valence-corrected chi connectivity index (χ3v) is 1.65. The summed E-state index contributed by atoms with van der Waals surface area (Å²) in [5, 5.41) is -0.517. The van der Waals surface area contributed by atoms with Crippen molar-refractivity contribution in [3.63, 3.8) is 0 Å². The summed E-state index contributed by atoms with van der Waals surface area (Å²) in [6.07, 6.45) is -0.272. The number of rotatable bonds is 0. The first kappa shape index (κ1) is 8.65. The van der Waals surface area contributed by atoms with Crippen LogP contribution in [0.5, 0.6) is 0 Å². The van der Waals surface area contributed by atoms with Gasteiger partial charge in [0.2, 0.25) is 0 Å². The van der Waals surface area contributed by atoms with Crippen molar-refractivity contribution in [3.05, 3.63) is 23.8 Å². The Morgan fingerprint density at radius 3 is 2.45 bits per heavy atom. The summed E-state index contributed by atoms with van der Waals surface area (Å²) >= 11 is 5.49. The zero-order valence-corrected chi connectivity index (χ0v) is 6.28. The molecule has 1 aliphatic carbocycles. The second-order valence-electron chi connectivity index (χ2n) is 2.27. The minimum absolute atomic E-state index is 0.473. The first-order valence-corrected chi connectivity index (χ1v) is 3.53. The maximum atomic E-state index is 11.9. The van der Waals surface area contributed by atoms with Gasteiger partial charge in [0, 0.05) is 0 Å². The fourth-order valence-electron chi connectivity index (χ4n) is 0.832. The minimum Gasteiger partial charge on any atom is -0.166 e. The van der Waals surface area contributed by atoms with E-state index in [0.717, 1.165) is 12.2 Å². The summed E-state index contributed by atoms with van der Waals surface area (Å²) in [7, 11) is 0. The first-order chi connectivity index (χ1) is 5.00. The minimum atomic E-state index is -4.26. The van der Waals surface area contributed by atoms with Crippen LogP contribution in [0, 0.1) is 0 Å². The van der Waals surface area contributed by atoms with Crippen molar-refractivity contribution < 1.29 is 13.2 Å². The molecular formula is C7H6ClF3. The van der Waals surface area contributed by atoms with Gasteiger partial charge in [-0.3, -0.25) is 0 Å². The van der Waals surface area contributed by atoms with Crippen LogP contribution in [-0.4, -0.2) is 11.6 Å². The maximum Gasteiger partial charge on any atom is 0.416 e. The maximum absolute atomic E-state index is 11.9. The van der Waals surface area contributed by atoms with Crippen LogP contribution in [0.1, 0.15) is 6.42 Å². The highest BCUT2D eigenvalue weighted by Gasteiger charge is 2.32. The van der Waals surface area contributed by atoms with Crippen molar-refractivity contribution in [1.82, 2.24) is 0 Å². The SMILES string of the molecule is FC(F)(F)C1=CC(Cl)CC=C1. The van der Waals surface area contributed by atoms with E-state index in [1.807, 2.05) is 0 Å². The van der Waals surface area contributed by atoms with E-state index >= 15 is 0 Å². The summed E-state index contributed by atoms with van der Waals surface area (Å²) in [4.78, 5) is 0. The lowest BCUT2D eigenvalue weighted by atomic mass is 10.1. The lowest BCUT2D eigenvalue weighted by molar-refractivity contribution is -0.0885. The highest BCUT2D eigenvalue weighted by molar-refractivity contribution is 6.22. The molecule has 0 aromatic heterocycles. The normalized spacial score (nSPS) is 25.1. The smallest absolute Gasteiger partial charge is 0.166 e. The molecule has 0 spiro atoms. The number of allylic oxidation sites excluding steroid dienone is 4. The molecule has 1 rings (SSSR count). The summed E-state index contributed by atoms with van der Waals surface area (Å²) in [5.74, 6) is 0. The number of halogens is 4. The van der Waals surface area contributed by atoms with Crippen molar-refractivity contribution in [3.8, 4) is 0 Å². The van der Waals surface area contributed by atoms with Crippen LogP contribution in [0.3, 0.4) is 0 Å². The Balaban J connectivity index is 2.80. The quantitative estimate of drug-likeness (QED) is 0.505. The Bertz CT molecular complexity index is 202. The molecule has 0 heterocycles. The van der Waals surface area contributed by atoms with Crippen LogP contribution in [0.25, 0.3) is 0 Å². The van der Waals surface area contributed by atoms with Crippen molar-refractivity contribution in [2.45, 2.75) is 18.0 Å². The van der Waals surface area contributed by atoms with E-state index in [-0.39, 0.29) is 0 Å². The number of alkyl halides is 4. The van der Waals surface area contributed by atoms with Gasteiger partial charge in [-0.15, -0.1) is 11.6 Å². The monoisotopic (exact) mass is 182 g/mol. The van der Waals surface area contributed by atoms with Crippen LogP contribution < -0.4 is 0 Å². The molecule has 4 heteroatoms. The molecule has 0 radical (unpaired) electrons. The van der Waals surface area contributed by atoms with Gasteiger partial charge < -0.3 is 0 Å². The lowest BCUT2D eigenvalue weighted by Crippen LogP contribution is -2.14. The summed E-state index contributed by atoms with van der Waals surface area (Å²) in [6.45, 7) is 0. The fraction of sp³-hybridized carbons (Fsp3) is 0.429. The molecule has 0 aromatic carbocycles. The van der Waals surface area contributed by atoms with Crippen LogP contribution in [0.2, 0.25) is 0 Å². The molecule has 1 unspecified atom stereocenters. The van der Waals surface area contributed by atoms with Crippen molar-refractivity contribution >= 4 is 11.6 Å². The van der Waals surface area contributed by atoms with Gasteiger partial charge in [0.25, 0.3) is 0 Å². The van der Waals surface area contributed by atoms with Crippen LogP contribution in [-0.2, 0) is 0 Å². The zero-order chi connectivity index (χ0) is 8.48. The molecule has 1 aliphatic rings. The van der Waals surface area contributed by atoms with E-state index in [0.29, 0.717) is 6.42 Å². The predicted molar refractivity (Wildman–Crippen MR) is 37.5 cm³/mol. The number of hydrogen-bond donors (Lipinski definition) is 0. The zero-order valence-electron chi connectivity index (χ0n) is 5.53. The van der Waals surface area contributed by atoms with Crippen LogP contribution in [0.15, 0.2) is 23.8 Å². The predicted octanol–water partition coefficient (Wildman–Crippen LogP) is 3.04. The molecule has 0 aliphatic heterocycles. The van der Waals surface area contributed by atoms with Gasteiger partial charge in [0.15, 0.2) is 0 Å². The third-order valence-electron chi connectivity index (χ3n) is 1.35. The molecule has 0 aromatic rings. The molecule has 0 fully saturated rings. The van der Waals surface area contributed by atoms with Gasteiger partial charge in [0.1, 0.15) is 0 Å². The molecule has 1 atom stereocenters. The molecule has 62 valence electrons. The Labute approximate surface area is 67.3 Å². The van der Waals surface area contributed by atoms with E-state index in [2.05, 4.69) is 0 Å². The fourth-order valence-corrected chi connectivity index (χ4v) is 1.07. The van der Waals surface area contributed by atoms with Crippen molar-refractivity contribution in [1.29, 1.82) is 0 Å². The first-order valence-electron chi connectivity index (χ1n) is 3.10. The average Bonchev–Trinajstić information content (AvgIpc) is 1.86. The highest BCUT2D eigenvalue weighted by Crippen LogP contribution is 2.30. The molecule has 0 saturated heterocycles. The Morgan fingerprint density at radius 2 is 2.09 bits per heavy atom.